The fraction of sp³-hybridized carbons (Fsp3) is 0.0833. The Morgan fingerprint density at radius 2 is 1.56 bits per heavy atom. The molecule has 0 bridgehead atoms. The number of rotatable bonds is 3. The zero-order valence-electron chi connectivity index (χ0n) is 15.4. The summed E-state index contributed by atoms with van der Waals surface area (Å²) in [5, 5.41) is 5.57. The van der Waals surface area contributed by atoms with Crippen molar-refractivity contribution in [2.75, 3.05) is 0 Å². The highest BCUT2D eigenvalue weighted by Gasteiger charge is 2.11. The van der Waals surface area contributed by atoms with E-state index in [2.05, 4.69) is 32.0 Å². The number of para-hydroxylation sites is 1. The van der Waals surface area contributed by atoms with Crippen LogP contribution in [0.25, 0.3) is 28.7 Å². The Morgan fingerprint density at radius 3 is 2.33 bits per heavy atom. The van der Waals surface area contributed by atoms with Crippen molar-refractivity contribution >= 4 is 23.1 Å². The van der Waals surface area contributed by atoms with Gasteiger partial charge in [-0.2, -0.15) is 5.10 Å². The molecule has 0 radical (unpaired) electrons. The average Bonchev–Trinajstić information content (AvgIpc) is 2.94. The minimum absolute atomic E-state index is 0.0443. The van der Waals surface area contributed by atoms with Gasteiger partial charge >= 0.3 is 0 Å². The molecule has 27 heavy (non-hydrogen) atoms. The Hall–Kier alpha value is -3.46. The molecular weight excluding hydrogens is 332 g/mol. The van der Waals surface area contributed by atoms with Crippen LogP contribution in [0.1, 0.15) is 22.4 Å². The third-order valence-corrected chi connectivity index (χ3v) is 4.77. The van der Waals surface area contributed by atoms with Crippen LogP contribution in [0, 0.1) is 13.8 Å². The van der Waals surface area contributed by atoms with Gasteiger partial charge < -0.3 is 0 Å². The van der Waals surface area contributed by atoms with Gasteiger partial charge in [-0.15, -0.1) is 0 Å². The molecule has 0 saturated carbocycles. The monoisotopic (exact) mass is 352 g/mol. The SMILES string of the molecule is Cc1ccc(C=Cc2nn(-c3ccccc3)c3c(=O)ccccc23)cc1C. The van der Waals surface area contributed by atoms with Crippen molar-refractivity contribution in [3.05, 3.63) is 105 Å². The molecule has 132 valence electrons. The maximum Gasteiger partial charge on any atom is 0.204 e. The van der Waals surface area contributed by atoms with Crippen LogP contribution in [0.15, 0.2) is 77.6 Å². The summed E-state index contributed by atoms with van der Waals surface area (Å²) in [5.74, 6) is 0. The third-order valence-electron chi connectivity index (χ3n) is 4.77. The van der Waals surface area contributed by atoms with Gasteiger partial charge in [0.15, 0.2) is 0 Å². The lowest BCUT2D eigenvalue weighted by Gasteiger charge is -2.01. The number of aromatic nitrogens is 2. The number of fused-ring (bicyclic) bond motifs is 1. The number of nitrogens with zero attached hydrogens (tertiary/aromatic N) is 2. The Balaban J connectivity index is 1.90. The summed E-state index contributed by atoms with van der Waals surface area (Å²) in [6.07, 6.45) is 4.02. The molecule has 0 aliphatic carbocycles. The van der Waals surface area contributed by atoms with E-state index in [1.54, 1.807) is 16.8 Å². The van der Waals surface area contributed by atoms with Crippen LogP contribution in [0.3, 0.4) is 0 Å². The van der Waals surface area contributed by atoms with Gasteiger partial charge in [0.1, 0.15) is 5.52 Å². The molecule has 0 atom stereocenters. The molecule has 4 rings (SSSR count). The van der Waals surface area contributed by atoms with E-state index in [1.165, 1.54) is 11.1 Å². The smallest absolute Gasteiger partial charge is 0.204 e. The second kappa shape index (κ2) is 7.04. The minimum Gasteiger partial charge on any atom is -0.288 e. The van der Waals surface area contributed by atoms with Gasteiger partial charge in [-0.3, -0.25) is 4.79 Å². The quantitative estimate of drug-likeness (QED) is 0.510. The van der Waals surface area contributed by atoms with Gasteiger partial charge in [-0.1, -0.05) is 60.7 Å². The van der Waals surface area contributed by atoms with Crippen LogP contribution < -0.4 is 5.43 Å². The number of aryl methyl sites for hydroxylation is 2. The second-order valence-corrected chi connectivity index (χ2v) is 6.65. The standard InChI is InChI=1S/C24H20N2O/c1-17-12-13-19(16-18(17)2)14-15-22-21-10-6-7-11-23(27)24(21)26(25-22)20-8-4-3-5-9-20/h3-16H,1-2H3. The first-order valence-electron chi connectivity index (χ1n) is 8.96. The van der Waals surface area contributed by atoms with E-state index in [4.69, 9.17) is 5.10 Å². The molecule has 0 saturated heterocycles. The summed E-state index contributed by atoms with van der Waals surface area (Å²) >= 11 is 0. The zero-order valence-corrected chi connectivity index (χ0v) is 15.4. The maximum atomic E-state index is 12.7. The van der Waals surface area contributed by atoms with Gasteiger partial charge in [0, 0.05) is 5.39 Å². The second-order valence-electron chi connectivity index (χ2n) is 6.65. The minimum atomic E-state index is -0.0443. The molecule has 0 amide bonds. The van der Waals surface area contributed by atoms with E-state index < -0.39 is 0 Å². The van der Waals surface area contributed by atoms with Crippen molar-refractivity contribution < 1.29 is 0 Å². The number of benzene rings is 2. The summed E-state index contributed by atoms with van der Waals surface area (Å²) in [6.45, 7) is 4.21. The summed E-state index contributed by atoms with van der Waals surface area (Å²) < 4.78 is 1.73. The molecule has 3 heteroatoms. The van der Waals surface area contributed by atoms with E-state index in [-0.39, 0.29) is 5.43 Å². The van der Waals surface area contributed by atoms with E-state index in [0.29, 0.717) is 5.52 Å². The first-order chi connectivity index (χ1) is 13.1. The first-order valence-corrected chi connectivity index (χ1v) is 8.96. The van der Waals surface area contributed by atoms with Gasteiger partial charge in [0.2, 0.25) is 5.43 Å². The van der Waals surface area contributed by atoms with E-state index in [9.17, 15) is 4.79 Å². The molecule has 0 N–H and O–H groups in total. The molecule has 1 aromatic heterocycles. The van der Waals surface area contributed by atoms with Crippen molar-refractivity contribution in [2.45, 2.75) is 13.8 Å². The summed E-state index contributed by atoms with van der Waals surface area (Å²) in [4.78, 5) is 12.7. The lowest BCUT2D eigenvalue weighted by molar-refractivity contribution is 0.902. The Morgan fingerprint density at radius 1 is 0.815 bits per heavy atom. The molecule has 1 heterocycles. The summed E-state index contributed by atoms with van der Waals surface area (Å²) in [6, 6.07) is 23.3. The molecule has 4 aromatic rings. The van der Waals surface area contributed by atoms with Crippen LogP contribution in [0.4, 0.5) is 0 Å². The molecule has 0 aliphatic rings. The van der Waals surface area contributed by atoms with Crippen molar-refractivity contribution in [1.29, 1.82) is 0 Å². The molecule has 0 aliphatic heterocycles. The van der Waals surface area contributed by atoms with Crippen LogP contribution in [-0.4, -0.2) is 9.78 Å². The molecule has 0 unspecified atom stereocenters. The first kappa shape index (κ1) is 17.0. The molecule has 0 spiro atoms. The van der Waals surface area contributed by atoms with Gasteiger partial charge in [-0.05, 0) is 54.8 Å². The predicted octanol–water partition coefficient (Wildman–Crippen LogP) is 5.17. The Kier molecular flexibility index (Phi) is 4.43. The molecule has 3 aromatic carbocycles. The highest BCUT2D eigenvalue weighted by Crippen LogP contribution is 2.21. The fourth-order valence-electron chi connectivity index (χ4n) is 3.14. The zero-order chi connectivity index (χ0) is 18.8. The number of hydrogen-bond acceptors (Lipinski definition) is 2. The Labute approximate surface area is 158 Å². The fourth-order valence-corrected chi connectivity index (χ4v) is 3.14. The van der Waals surface area contributed by atoms with Crippen molar-refractivity contribution in [3.8, 4) is 5.69 Å². The highest BCUT2D eigenvalue weighted by atomic mass is 16.1. The van der Waals surface area contributed by atoms with Crippen LogP contribution in [0.5, 0.6) is 0 Å². The van der Waals surface area contributed by atoms with Crippen LogP contribution >= 0.6 is 0 Å². The largest absolute Gasteiger partial charge is 0.288 e. The normalized spacial score (nSPS) is 11.3. The maximum absolute atomic E-state index is 12.7. The summed E-state index contributed by atoms with van der Waals surface area (Å²) in [7, 11) is 0. The average molecular weight is 352 g/mol. The third kappa shape index (κ3) is 3.32. The predicted molar refractivity (Wildman–Crippen MR) is 112 cm³/mol. The van der Waals surface area contributed by atoms with Gasteiger partial charge in [-0.25, -0.2) is 4.68 Å². The molecule has 0 fully saturated rings. The number of hydrogen-bond donors (Lipinski definition) is 0. The van der Waals surface area contributed by atoms with Crippen LogP contribution in [0.2, 0.25) is 0 Å². The van der Waals surface area contributed by atoms with Crippen molar-refractivity contribution in [2.24, 2.45) is 0 Å². The van der Waals surface area contributed by atoms with Crippen molar-refractivity contribution in [3.63, 3.8) is 0 Å². The van der Waals surface area contributed by atoms with Crippen molar-refractivity contribution in [1.82, 2.24) is 9.78 Å². The van der Waals surface area contributed by atoms with Gasteiger partial charge in [0.05, 0.1) is 11.4 Å². The van der Waals surface area contributed by atoms with Crippen LogP contribution in [-0.2, 0) is 0 Å². The summed E-state index contributed by atoms with van der Waals surface area (Å²) in [5.41, 5.74) is 5.84. The van der Waals surface area contributed by atoms with Gasteiger partial charge in [0.25, 0.3) is 0 Å². The topological polar surface area (TPSA) is 34.9 Å². The van der Waals surface area contributed by atoms with E-state index in [1.807, 2.05) is 54.6 Å². The molecule has 3 nitrogen and oxygen atoms in total. The van der Waals surface area contributed by atoms with E-state index in [0.717, 1.165) is 22.3 Å². The lowest BCUT2D eigenvalue weighted by Crippen LogP contribution is -2.04. The van der Waals surface area contributed by atoms with E-state index >= 15 is 0 Å². The molecular formula is C24H20N2O. The Bertz CT molecular complexity index is 1200. The highest BCUT2D eigenvalue weighted by molar-refractivity contribution is 5.90. The lowest BCUT2D eigenvalue weighted by atomic mass is 10.1.